The van der Waals surface area contributed by atoms with E-state index < -0.39 is 17.6 Å². The SMILES string of the molecule is CCC(CCC(=O)N1CCCC1(CC)C(=O)O)NC(=O)OCC1c2ccccc2-c2ccccc21. The second-order valence-electron chi connectivity index (χ2n) is 9.45. The van der Waals surface area contributed by atoms with Gasteiger partial charge in [-0.3, -0.25) is 4.79 Å². The molecule has 0 radical (unpaired) electrons. The minimum Gasteiger partial charge on any atom is -0.479 e. The van der Waals surface area contributed by atoms with E-state index in [0.717, 1.165) is 11.1 Å². The summed E-state index contributed by atoms with van der Waals surface area (Å²) in [5.41, 5.74) is 3.56. The maximum absolute atomic E-state index is 12.9. The van der Waals surface area contributed by atoms with Crippen LogP contribution in [0.4, 0.5) is 4.79 Å². The van der Waals surface area contributed by atoms with E-state index in [1.54, 1.807) is 0 Å². The molecule has 1 heterocycles. The fraction of sp³-hybridized carbons (Fsp3) is 0.464. The highest BCUT2D eigenvalue weighted by atomic mass is 16.5. The number of carbonyl (C=O) groups is 3. The molecule has 7 heteroatoms. The summed E-state index contributed by atoms with van der Waals surface area (Å²) in [6, 6.07) is 16.1. The maximum Gasteiger partial charge on any atom is 0.407 e. The third-order valence-corrected chi connectivity index (χ3v) is 7.64. The Morgan fingerprint density at radius 3 is 2.29 bits per heavy atom. The molecule has 0 spiro atoms. The Morgan fingerprint density at radius 2 is 1.71 bits per heavy atom. The monoisotopic (exact) mass is 478 g/mol. The minimum absolute atomic E-state index is 0.0110. The normalized spacial score (nSPS) is 19.7. The second kappa shape index (κ2) is 10.5. The van der Waals surface area contributed by atoms with Crippen LogP contribution in [0.25, 0.3) is 11.1 Å². The number of hydrogen-bond acceptors (Lipinski definition) is 4. The second-order valence-corrected chi connectivity index (χ2v) is 9.45. The van der Waals surface area contributed by atoms with Crippen LogP contribution >= 0.6 is 0 Å². The predicted octanol–water partition coefficient (Wildman–Crippen LogP) is 4.94. The molecule has 2 aromatic rings. The molecule has 1 aliphatic carbocycles. The number of ether oxygens (including phenoxy) is 1. The van der Waals surface area contributed by atoms with E-state index in [1.165, 1.54) is 16.0 Å². The Balaban J connectivity index is 1.32. The lowest BCUT2D eigenvalue weighted by Gasteiger charge is -2.34. The van der Waals surface area contributed by atoms with E-state index in [0.29, 0.717) is 38.6 Å². The summed E-state index contributed by atoms with van der Waals surface area (Å²) < 4.78 is 5.64. The van der Waals surface area contributed by atoms with Crippen molar-refractivity contribution >= 4 is 18.0 Å². The molecule has 1 saturated heterocycles. The summed E-state index contributed by atoms with van der Waals surface area (Å²) in [6.07, 6.45) is 2.35. The van der Waals surface area contributed by atoms with Gasteiger partial charge < -0.3 is 20.1 Å². The Labute approximate surface area is 206 Å². The number of carboxylic acids is 1. The number of amides is 2. The minimum atomic E-state index is -1.10. The lowest BCUT2D eigenvalue weighted by molar-refractivity contribution is -0.156. The number of fused-ring (bicyclic) bond motifs is 3. The maximum atomic E-state index is 12.9. The van der Waals surface area contributed by atoms with Crippen molar-refractivity contribution in [3.63, 3.8) is 0 Å². The molecule has 2 N–H and O–H groups in total. The number of rotatable bonds is 9. The number of likely N-dealkylation sites (tertiary alicyclic amines) is 1. The molecule has 2 aliphatic rings. The highest BCUT2D eigenvalue weighted by Gasteiger charge is 2.48. The van der Waals surface area contributed by atoms with Crippen molar-refractivity contribution in [2.45, 2.75) is 69.9 Å². The number of aliphatic carboxylic acids is 1. The van der Waals surface area contributed by atoms with Crippen LogP contribution in [0.2, 0.25) is 0 Å². The van der Waals surface area contributed by atoms with Gasteiger partial charge in [-0.25, -0.2) is 9.59 Å². The van der Waals surface area contributed by atoms with Crippen LogP contribution in [0, 0.1) is 0 Å². The van der Waals surface area contributed by atoms with Gasteiger partial charge in [0, 0.05) is 24.9 Å². The number of carboxylic acid groups (broad SMARTS) is 1. The van der Waals surface area contributed by atoms with Gasteiger partial charge in [-0.05, 0) is 54.4 Å². The molecule has 35 heavy (non-hydrogen) atoms. The molecule has 186 valence electrons. The number of nitrogens with one attached hydrogen (secondary N) is 1. The van der Waals surface area contributed by atoms with E-state index in [-0.39, 0.29) is 30.9 Å². The molecule has 4 rings (SSSR count). The van der Waals surface area contributed by atoms with Crippen LogP contribution in [0.3, 0.4) is 0 Å². The first-order valence-electron chi connectivity index (χ1n) is 12.6. The van der Waals surface area contributed by atoms with Crippen molar-refractivity contribution in [2.75, 3.05) is 13.2 Å². The van der Waals surface area contributed by atoms with Gasteiger partial charge in [0.15, 0.2) is 0 Å². The summed E-state index contributed by atoms with van der Waals surface area (Å²) in [5, 5.41) is 12.6. The van der Waals surface area contributed by atoms with Crippen molar-refractivity contribution in [1.82, 2.24) is 10.2 Å². The first-order valence-corrected chi connectivity index (χ1v) is 12.6. The van der Waals surface area contributed by atoms with Crippen molar-refractivity contribution in [2.24, 2.45) is 0 Å². The zero-order valence-electron chi connectivity index (χ0n) is 20.5. The molecule has 0 saturated carbocycles. The molecule has 2 unspecified atom stereocenters. The zero-order chi connectivity index (χ0) is 25.0. The number of hydrogen-bond donors (Lipinski definition) is 2. The van der Waals surface area contributed by atoms with Gasteiger partial charge in [-0.2, -0.15) is 0 Å². The number of alkyl carbamates (subject to hydrolysis) is 1. The van der Waals surface area contributed by atoms with Crippen LogP contribution in [0.1, 0.15) is 69.4 Å². The van der Waals surface area contributed by atoms with Crippen LogP contribution in [-0.2, 0) is 14.3 Å². The van der Waals surface area contributed by atoms with Gasteiger partial charge in [-0.1, -0.05) is 62.4 Å². The third-order valence-electron chi connectivity index (χ3n) is 7.64. The van der Waals surface area contributed by atoms with Crippen molar-refractivity contribution < 1.29 is 24.2 Å². The smallest absolute Gasteiger partial charge is 0.407 e. The van der Waals surface area contributed by atoms with E-state index in [9.17, 15) is 19.5 Å². The van der Waals surface area contributed by atoms with E-state index >= 15 is 0 Å². The van der Waals surface area contributed by atoms with Gasteiger partial charge >= 0.3 is 12.1 Å². The fourth-order valence-corrected chi connectivity index (χ4v) is 5.60. The third kappa shape index (κ3) is 4.77. The number of benzene rings is 2. The van der Waals surface area contributed by atoms with Crippen LogP contribution in [0.5, 0.6) is 0 Å². The van der Waals surface area contributed by atoms with E-state index in [2.05, 4.69) is 29.6 Å². The summed E-state index contributed by atoms with van der Waals surface area (Å²) >= 11 is 0. The Hall–Kier alpha value is -3.35. The van der Waals surface area contributed by atoms with Crippen molar-refractivity contribution in [3.05, 3.63) is 59.7 Å². The quantitative estimate of drug-likeness (QED) is 0.532. The Kier molecular flexibility index (Phi) is 7.43. The standard InChI is InChI=1S/C28H34N2O5/c1-3-19(14-15-25(31)30-17-9-16-28(30,4-2)26(32)33)29-27(34)35-18-24-22-12-7-5-10-20(22)21-11-6-8-13-23(21)24/h5-8,10-13,19,24H,3-4,9,14-18H2,1-2H3,(H,29,34)(H,32,33). The lowest BCUT2D eigenvalue weighted by atomic mass is 9.92. The molecule has 2 amide bonds. The van der Waals surface area contributed by atoms with Gasteiger partial charge in [-0.15, -0.1) is 0 Å². The van der Waals surface area contributed by atoms with Crippen LogP contribution in [-0.4, -0.2) is 52.7 Å². The van der Waals surface area contributed by atoms with Gasteiger partial charge in [0.05, 0.1) is 0 Å². The lowest BCUT2D eigenvalue weighted by Crippen LogP contribution is -2.52. The number of carbonyl (C=O) groups excluding carboxylic acids is 2. The Morgan fingerprint density at radius 1 is 1.09 bits per heavy atom. The number of nitrogens with zero attached hydrogens (tertiary/aromatic N) is 1. The average molecular weight is 479 g/mol. The summed E-state index contributed by atoms with van der Waals surface area (Å²) in [7, 11) is 0. The van der Waals surface area contributed by atoms with E-state index in [1.807, 2.05) is 38.1 Å². The molecule has 1 fully saturated rings. The summed E-state index contributed by atoms with van der Waals surface area (Å²) in [6.45, 7) is 4.46. The molecule has 7 nitrogen and oxygen atoms in total. The molecular formula is C28H34N2O5. The molecule has 2 aromatic carbocycles. The Bertz CT molecular complexity index is 1050. The van der Waals surface area contributed by atoms with Gasteiger partial charge in [0.2, 0.25) is 5.91 Å². The topological polar surface area (TPSA) is 95.9 Å². The van der Waals surface area contributed by atoms with Crippen LogP contribution < -0.4 is 5.32 Å². The summed E-state index contributed by atoms with van der Waals surface area (Å²) in [5.74, 6) is -1.11. The van der Waals surface area contributed by atoms with E-state index in [4.69, 9.17) is 4.74 Å². The first-order chi connectivity index (χ1) is 16.9. The van der Waals surface area contributed by atoms with Gasteiger partial charge in [0.25, 0.3) is 0 Å². The van der Waals surface area contributed by atoms with Crippen molar-refractivity contribution in [1.29, 1.82) is 0 Å². The molecule has 0 aromatic heterocycles. The molecule has 2 atom stereocenters. The first kappa shape index (κ1) is 24.8. The fourth-order valence-electron chi connectivity index (χ4n) is 5.60. The molecule has 1 aliphatic heterocycles. The van der Waals surface area contributed by atoms with Crippen molar-refractivity contribution in [3.8, 4) is 11.1 Å². The predicted molar refractivity (Wildman–Crippen MR) is 133 cm³/mol. The largest absolute Gasteiger partial charge is 0.479 e. The zero-order valence-corrected chi connectivity index (χ0v) is 20.5. The highest BCUT2D eigenvalue weighted by molar-refractivity contribution is 5.87. The highest BCUT2D eigenvalue weighted by Crippen LogP contribution is 2.44. The molecular weight excluding hydrogens is 444 g/mol. The summed E-state index contributed by atoms with van der Waals surface area (Å²) in [4.78, 5) is 38.9. The average Bonchev–Trinajstić information content (AvgIpc) is 3.45. The molecule has 0 bridgehead atoms. The van der Waals surface area contributed by atoms with Crippen LogP contribution in [0.15, 0.2) is 48.5 Å². The van der Waals surface area contributed by atoms with Gasteiger partial charge in [0.1, 0.15) is 12.1 Å².